The molecule has 0 amide bonds. The van der Waals surface area contributed by atoms with Gasteiger partial charge in [0.25, 0.3) is 0 Å². The van der Waals surface area contributed by atoms with Crippen LogP contribution in [-0.4, -0.2) is 12.6 Å². The van der Waals surface area contributed by atoms with Crippen molar-refractivity contribution in [3.05, 3.63) is 0 Å². The zero-order valence-corrected chi connectivity index (χ0v) is 12.4. The van der Waals surface area contributed by atoms with Gasteiger partial charge in [-0.05, 0) is 44.1 Å². The van der Waals surface area contributed by atoms with Crippen LogP contribution in [0, 0.1) is 11.8 Å². The molecule has 0 aliphatic heterocycles. The molecule has 0 spiro atoms. The van der Waals surface area contributed by atoms with E-state index in [0.717, 1.165) is 17.9 Å². The van der Waals surface area contributed by atoms with Crippen LogP contribution in [0.25, 0.3) is 0 Å². The number of rotatable bonds is 4. The molecule has 0 saturated heterocycles. The number of hydrogen-bond acceptors (Lipinski definition) is 1. The molecule has 1 nitrogen and oxygen atoms in total. The summed E-state index contributed by atoms with van der Waals surface area (Å²) in [5.74, 6) is 2.15. The lowest BCUT2D eigenvalue weighted by molar-refractivity contribution is 0.267. The molecule has 0 bridgehead atoms. The van der Waals surface area contributed by atoms with Gasteiger partial charge >= 0.3 is 0 Å². The molecule has 0 radical (unpaired) electrons. The molecule has 0 aromatic rings. The van der Waals surface area contributed by atoms with Crippen LogP contribution in [0.1, 0.15) is 84.0 Å². The Morgan fingerprint density at radius 3 is 2.11 bits per heavy atom. The first kappa shape index (κ1) is 14.4. The fraction of sp³-hybridized carbons (Fsp3) is 1.00. The standard InChI is InChI=1S/C17H33N/c1-2-14-18-17-11-7-10-16(12-13-17)15-8-5-3-4-6-9-15/h15-18H,2-14H2,1H3. The molecule has 2 saturated carbocycles. The highest BCUT2D eigenvalue weighted by Crippen LogP contribution is 2.36. The summed E-state index contributed by atoms with van der Waals surface area (Å²) < 4.78 is 0. The van der Waals surface area contributed by atoms with E-state index in [1.807, 2.05) is 0 Å². The molecule has 2 unspecified atom stereocenters. The van der Waals surface area contributed by atoms with E-state index in [1.165, 1.54) is 83.6 Å². The average molecular weight is 251 g/mol. The van der Waals surface area contributed by atoms with E-state index >= 15 is 0 Å². The van der Waals surface area contributed by atoms with Crippen LogP contribution in [0.15, 0.2) is 0 Å². The molecular formula is C17H33N. The summed E-state index contributed by atoms with van der Waals surface area (Å²) in [4.78, 5) is 0. The van der Waals surface area contributed by atoms with Crippen molar-refractivity contribution in [3.8, 4) is 0 Å². The van der Waals surface area contributed by atoms with Gasteiger partial charge in [-0.1, -0.05) is 58.3 Å². The second kappa shape index (κ2) is 8.19. The fourth-order valence-electron chi connectivity index (χ4n) is 4.14. The molecular weight excluding hydrogens is 218 g/mol. The third-order valence-corrected chi connectivity index (χ3v) is 5.26. The molecule has 0 aromatic heterocycles. The highest BCUT2D eigenvalue weighted by atomic mass is 14.9. The molecule has 2 rings (SSSR count). The monoisotopic (exact) mass is 251 g/mol. The topological polar surface area (TPSA) is 12.0 Å². The minimum Gasteiger partial charge on any atom is -0.314 e. The minimum absolute atomic E-state index is 0.834. The van der Waals surface area contributed by atoms with Crippen LogP contribution in [0.5, 0.6) is 0 Å². The van der Waals surface area contributed by atoms with Crippen LogP contribution in [-0.2, 0) is 0 Å². The summed E-state index contributed by atoms with van der Waals surface area (Å²) in [5.41, 5.74) is 0. The van der Waals surface area contributed by atoms with E-state index in [0.29, 0.717) is 0 Å². The first-order valence-corrected chi connectivity index (χ1v) is 8.63. The quantitative estimate of drug-likeness (QED) is 0.700. The van der Waals surface area contributed by atoms with Crippen LogP contribution in [0.3, 0.4) is 0 Å². The van der Waals surface area contributed by atoms with Gasteiger partial charge in [0.1, 0.15) is 0 Å². The van der Waals surface area contributed by atoms with E-state index in [4.69, 9.17) is 0 Å². The van der Waals surface area contributed by atoms with Gasteiger partial charge in [-0.25, -0.2) is 0 Å². The van der Waals surface area contributed by atoms with Gasteiger partial charge in [0.05, 0.1) is 0 Å². The zero-order valence-electron chi connectivity index (χ0n) is 12.4. The third-order valence-electron chi connectivity index (χ3n) is 5.26. The van der Waals surface area contributed by atoms with E-state index in [9.17, 15) is 0 Å². The lowest BCUT2D eigenvalue weighted by Crippen LogP contribution is -2.29. The fourth-order valence-corrected chi connectivity index (χ4v) is 4.14. The smallest absolute Gasteiger partial charge is 0.00671 e. The van der Waals surface area contributed by atoms with Crippen molar-refractivity contribution in [2.45, 2.75) is 90.0 Å². The Labute approximate surface area is 114 Å². The van der Waals surface area contributed by atoms with Gasteiger partial charge in [-0.2, -0.15) is 0 Å². The predicted octanol–water partition coefficient (Wildman–Crippen LogP) is 4.91. The van der Waals surface area contributed by atoms with Crippen molar-refractivity contribution in [2.24, 2.45) is 11.8 Å². The van der Waals surface area contributed by atoms with Crippen LogP contribution >= 0.6 is 0 Å². The van der Waals surface area contributed by atoms with Crippen molar-refractivity contribution >= 4 is 0 Å². The molecule has 1 N–H and O–H groups in total. The van der Waals surface area contributed by atoms with E-state index in [2.05, 4.69) is 12.2 Å². The Morgan fingerprint density at radius 2 is 1.39 bits per heavy atom. The summed E-state index contributed by atoms with van der Waals surface area (Å²) in [6.07, 6.45) is 17.8. The maximum Gasteiger partial charge on any atom is 0.00671 e. The zero-order chi connectivity index (χ0) is 12.6. The summed E-state index contributed by atoms with van der Waals surface area (Å²) >= 11 is 0. The summed E-state index contributed by atoms with van der Waals surface area (Å²) in [6, 6.07) is 0.834. The molecule has 1 heteroatoms. The lowest BCUT2D eigenvalue weighted by atomic mass is 9.81. The third kappa shape index (κ3) is 4.57. The maximum absolute atomic E-state index is 3.75. The Bertz CT molecular complexity index is 206. The Hall–Kier alpha value is -0.0400. The molecule has 2 fully saturated rings. The number of nitrogens with one attached hydrogen (secondary N) is 1. The van der Waals surface area contributed by atoms with E-state index < -0.39 is 0 Å². The lowest BCUT2D eigenvalue weighted by Gasteiger charge is -2.25. The molecule has 2 atom stereocenters. The maximum atomic E-state index is 3.75. The Kier molecular flexibility index (Phi) is 6.54. The minimum atomic E-state index is 0.834. The van der Waals surface area contributed by atoms with Crippen molar-refractivity contribution in [3.63, 3.8) is 0 Å². The molecule has 106 valence electrons. The number of hydrogen-bond donors (Lipinski definition) is 1. The first-order valence-electron chi connectivity index (χ1n) is 8.63. The average Bonchev–Trinajstić information content (AvgIpc) is 2.78. The second-order valence-corrected chi connectivity index (χ2v) is 6.67. The van der Waals surface area contributed by atoms with Gasteiger partial charge in [-0.15, -0.1) is 0 Å². The predicted molar refractivity (Wildman–Crippen MR) is 79.8 cm³/mol. The van der Waals surface area contributed by atoms with Gasteiger partial charge in [0.15, 0.2) is 0 Å². The van der Waals surface area contributed by atoms with Crippen LogP contribution < -0.4 is 5.32 Å². The molecule has 2 aliphatic rings. The summed E-state index contributed by atoms with van der Waals surface area (Å²) in [6.45, 7) is 3.50. The van der Waals surface area contributed by atoms with Crippen LogP contribution in [0.4, 0.5) is 0 Å². The van der Waals surface area contributed by atoms with Gasteiger partial charge in [0, 0.05) is 6.04 Å². The van der Waals surface area contributed by atoms with Gasteiger partial charge in [-0.3, -0.25) is 0 Å². The highest BCUT2D eigenvalue weighted by molar-refractivity contribution is 4.80. The Morgan fingerprint density at radius 1 is 0.722 bits per heavy atom. The van der Waals surface area contributed by atoms with Crippen molar-refractivity contribution in [2.75, 3.05) is 6.54 Å². The molecule has 18 heavy (non-hydrogen) atoms. The second-order valence-electron chi connectivity index (χ2n) is 6.67. The highest BCUT2D eigenvalue weighted by Gasteiger charge is 2.25. The van der Waals surface area contributed by atoms with Crippen molar-refractivity contribution < 1.29 is 0 Å². The largest absolute Gasteiger partial charge is 0.314 e. The Balaban J connectivity index is 1.76. The van der Waals surface area contributed by atoms with Crippen molar-refractivity contribution in [1.29, 1.82) is 0 Å². The first-order chi connectivity index (χ1) is 8.90. The van der Waals surface area contributed by atoms with Gasteiger partial charge < -0.3 is 5.32 Å². The van der Waals surface area contributed by atoms with Crippen LogP contribution in [0.2, 0.25) is 0 Å². The van der Waals surface area contributed by atoms with Gasteiger partial charge in [0.2, 0.25) is 0 Å². The summed E-state index contributed by atoms with van der Waals surface area (Å²) in [5, 5.41) is 3.75. The van der Waals surface area contributed by atoms with Crippen molar-refractivity contribution in [1.82, 2.24) is 5.32 Å². The van der Waals surface area contributed by atoms with E-state index in [-0.39, 0.29) is 0 Å². The van der Waals surface area contributed by atoms with E-state index in [1.54, 1.807) is 0 Å². The SMILES string of the molecule is CCCNC1CCCC(C2CCCCCC2)CC1. The molecule has 0 aromatic carbocycles. The molecule has 0 heterocycles. The molecule has 2 aliphatic carbocycles. The summed E-state index contributed by atoms with van der Waals surface area (Å²) in [7, 11) is 0. The normalized spacial score (nSPS) is 31.8.